The van der Waals surface area contributed by atoms with Crippen molar-refractivity contribution in [1.29, 1.82) is 0 Å². The van der Waals surface area contributed by atoms with Crippen molar-refractivity contribution in [2.45, 2.75) is 0 Å². The number of nitrogens with zero attached hydrogens (tertiary/aromatic N) is 1. The number of esters is 1. The molecule has 0 atom stereocenters. The van der Waals surface area contributed by atoms with Gasteiger partial charge in [-0.25, -0.2) is 4.79 Å². The minimum Gasteiger partial charge on any atom is -0.465 e. The van der Waals surface area contributed by atoms with Crippen LogP contribution in [0.5, 0.6) is 0 Å². The Balaban J connectivity index is 2.03. The average Bonchev–Trinajstić information content (AvgIpc) is 3.01. The van der Waals surface area contributed by atoms with Gasteiger partial charge in [-0.05, 0) is 11.6 Å². The maximum Gasteiger partial charge on any atom is 0.348 e. The van der Waals surface area contributed by atoms with Gasteiger partial charge in [0.15, 0.2) is 0 Å². The highest BCUT2D eigenvalue weighted by Crippen LogP contribution is 2.39. The maximum absolute atomic E-state index is 11.8. The molecular formula is C16H17NO3S. The van der Waals surface area contributed by atoms with E-state index in [0.29, 0.717) is 4.88 Å². The highest BCUT2D eigenvalue weighted by molar-refractivity contribution is 7.18. The number of carbonyl (C=O) groups is 1. The Bertz CT molecular complexity index is 618. The zero-order valence-electron chi connectivity index (χ0n) is 11.9. The van der Waals surface area contributed by atoms with Crippen molar-refractivity contribution in [2.75, 3.05) is 38.3 Å². The SMILES string of the molecule is COC(=O)c1cc(-c2ccccc2)c(N2CCOCC2)s1. The predicted octanol–water partition coefficient (Wildman–Crippen LogP) is 3.04. The van der Waals surface area contributed by atoms with Crippen LogP contribution in [0.25, 0.3) is 11.1 Å². The molecule has 0 spiro atoms. The van der Waals surface area contributed by atoms with Crippen LogP contribution in [0.15, 0.2) is 36.4 Å². The van der Waals surface area contributed by atoms with Crippen LogP contribution in [-0.4, -0.2) is 39.4 Å². The van der Waals surface area contributed by atoms with E-state index in [2.05, 4.69) is 17.0 Å². The fraction of sp³-hybridized carbons (Fsp3) is 0.312. The summed E-state index contributed by atoms with van der Waals surface area (Å²) in [6.45, 7) is 3.14. The molecule has 110 valence electrons. The number of morpholine rings is 1. The molecule has 1 fully saturated rings. The van der Waals surface area contributed by atoms with Crippen molar-refractivity contribution >= 4 is 22.3 Å². The van der Waals surface area contributed by atoms with Gasteiger partial charge < -0.3 is 14.4 Å². The highest BCUT2D eigenvalue weighted by atomic mass is 32.1. The molecule has 0 N–H and O–H groups in total. The molecule has 0 saturated carbocycles. The predicted molar refractivity (Wildman–Crippen MR) is 84.1 cm³/mol. The average molecular weight is 303 g/mol. The second-order valence-electron chi connectivity index (χ2n) is 4.79. The van der Waals surface area contributed by atoms with Crippen LogP contribution in [0.4, 0.5) is 5.00 Å². The number of anilines is 1. The van der Waals surface area contributed by atoms with Gasteiger partial charge in [0, 0.05) is 18.7 Å². The molecule has 0 radical (unpaired) electrons. The molecule has 3 rings (SSSR count). The van der Waals surface area contributed by atoms with E-state index < -0.39 is 0 Å². The van der Waals surface area contributed by atoms with E-state index >= 15 is 0 Å². The number of thiophene rings is 1. The summed E-state index contributed by atoms with van der Waals surface area (Å²) in [5.74, 6) is -0.281. The largest absolute Gasteiger partial charge is 0.465 e. The number of carbonyl (C=O) groups excluding carboxylic acids is 1. The van der Waals surface area contributed by atoms with Gasteiger partial charge >= 0.3 is 5.97 Å². The molecule has 4 nitrogen and oxygen atoms in total. The summed E-state index contributed by atoms with van der Waals surface area (Å²) >= 11 is 1.49. The zero-order valence-corrected chi connectivity index (χ0v) is 12.7. The molecule has 1 aromatic heterocycles. The summed E-state index contributed by atoms with van der Waals surface area (Å²) < 4.78 is 10.3. The first-order chi connectivity index (χ1) is 10.3. The van der Waals surface area contributed by atoms with Gasteiger partial charge in [-0.3, -0.25) is 0 Å². The molecule has 21 heavy (non-hydrogen) atoms. The van der Waals surface area contributed by atoms with Crippen molar-refractivity contribution in [3.63, 3.8) is 0 Å². The Labute approximate surface area is 127 Å². The molecule has 0 aliphatic carbocycles. The summed E-state index contributed by atoms with van der Waals surface area (Å²) in [6, 6.07) is 12.1. The first-order valence-electron chi connectivity index (χ1n) is 6.90. The van der Waals surface area contributed by atoms with Crippen LogP contribution < -0.4 is 4.90 Å². The molecule has 2 aromatic rings. The Hall–Kier alpha value is -1.85. The number of methoxy groups -OCH3 is 1. The fourth-order valence-electron chi connectivity index (χ4n) is 2.41. The quantitative estimate of drug-likeness (QED) is 0.817. The van der Waals surface area contributed by atoms with Gasteiger partial charge in [0.2, 0.25) is 0 Å². The molecule has 1 aromatic carbocycles. The smallest absolute Gasteiger partial charge is 0.348 e. The Morgan fingerprint density at radius 2 is 1.95 bits per heavy atom. The first kappa shape index (κ1) is 14.1. The lowest BCUT2D eigenvalue weighted by Gasteiger charge is -2.28. The molecule has 1 aliphatic rings. The highest BCUT2D eigenvalue weighted by Gasteiger charge is 2.21. The van der Waals surface area contributed by atoms with E-state index in [0.717, 1.165) is 42.4 Å². The third-order valence-corrected chi connectivity index (χ3v) is 4.66. The van der Waals surface area contributed by atoms with Crippen molar-refractivity contribution in [3.8, 4) is 11.1 Å². The molecule has 0 bridgehead atoms. The van der Waals surface area contributed by atoms with Gasteiger partial charge in [0.25, 0.3) is 0 Å². The van der Waals surface area contributed by atoms with Crippen LogP contribution in [-0.2, 0) is 9.47 Å². The lowest BCUT2D eigenvalue weighted by molar-refractivity contribution is 0.0606. The summed E-state index contributed by atoms with van der Waals surface area (Å²) in [5.41, 5.74) is 2.20. The molecule has 2 heterocycles. The number of hydrogen-bond acceptors (Lipinski definition) is 5. The number of rotatable bonds is 3. The van der Waals surface area contributed by atoms with Gasteiger partial charge in [-0.15, -0.1) is 11.3 Å². The van der Waals surface area contributed by atoms with E-state index in [-0.39, 0.29) is 5.97 Å². The number of ether oxygens (including phenoxy) is 2. The van der Waals surface area contributed by atoms with Crippen LogP contribution in [0, 0.1) is 0 Å². The first-order valence-corrected chi connectivity index (χ1v) is 7.71. The zero-order chi connectivity index (χ0) is 14.7. The third-order valence-electron chi connectivity index (χ3n) is 3.48. The molecule has 1 saturated heterocycles. The normalized spacial score (nSPS) is 15.0. The van der Waals surface area contributed by atoms with Crippen LogP contribution in [0.3, 0.4) is 0 Å². The minimum absolute atomic E-state index is 0.281. The Morgan fingerprint density at radius 1 is 1.24 bits per heavy atom. The van der Waals surface area contributed by atoms with E-state index in [1.165, 1.54) is 18.4 Å². The van der Waals surface area contributed by atoms with E-state index in [1.807, 2.05) is 24.3 Å². The van der Waals surface area contributed by atoms with Crippen LogP contribution in [0.2, 0.25) is 0 Å². The van der Waals surface area contributed by atoms with Gasteiger partial charge in [0.05, 0.1) is 25.3 Å². The van der Waals surface area contributed by atoms with Gasteiger partial charge in [-0.2, -0.15) is 0 Å². The monoisotopic (exact) mass is 303 g/mol. The molecule has 0 amide bonds. The summed E-state index contributed by atoms with van der Waals surface area (Å²) in [6.07, 6.45) is 0. The van der Waals surface area contributed by atoms with Crippen molar-refractivity contribution in [1.82, 2.24) is 0 Å². The second kappa shape index (κ2) is 6.28. The topological polar surface area (TPSA) is 38.8 Å². The van der Waals surface area contributed by atoms with E-state index in [9.17, 15) is 4.79 Å². The van der Waals surface area contributed by atoms with Crippen molar-refractivity contribution in [3.05, 3.63) is 41.3 Å². The lowest BCUT2D eigenvalue weighted by Crippen LogP contribution is -2.35. The molecule has 5 heteroatoms. The second-order valence-corrected chi connectivity index (χ2v) is 5.82. The molecule has 0 unspecified atom stereocenters. The van der Waals surface area contributed by atoms with Crippen LogP contribution in [0.1, 0.15) is 9.67 Å². The van der Waals surface area contributed by atoms with E-state index in [4.69, 9.17) is 9.47 Å². The minimum atomic E-state index is -0.281. The maximum atomic E-state index is 11.8. The van der Waals surface area contributed by atoms with Crippen molar-refractivity contribution < 1.29 is 14.3 Å². The Kier molecular flexibility index (Phi) is 4.22. The van der Waals surface area contributed by atoms with Gasteiger partial charge in [-0.1, -0.05) is 30.3 Å². The number of hydrogen-bond donors (Lipinski definition) is 0. The Morgan fingerprint density at radius 3 is 2.62 bits per heavy atom. The summed E-state index contributed by atoms with van der Waals surface area (Å²) in [7, 11) is 1.42. The molecule has 1 aliphatic heterocycles. The third kappa shape index (κ3) is 2.94. The number of benzene rings is 1. The van der Waals surface area contributed by atoms with E-state index in [1.54, 1.807) is 0 Å². The fourth-order valence-corrected chi connectivity index (χ4v) is 3.56. The summed E-state index contributed by atoms with van der Waals surface area (Å²) in [5, 5.41) is 1.12. The van der Waals surface area contributed by atoms with Crippen LogP contribution >= 0.6 is 11.3 Å². The summed E-state index contributed by atoms with van der Waals surface area (Å²) in [4.78, 5) is 14.8. The molecular weight excluding hydrogens is 286 g/mol. The standard InChI is InChI=1S/C16H17NO3S/c1-19-16(18)14-11-13(12-5-3-2-4-6-12)15(21-14)17-7-9-20-10-8-17/h2-6,11H,7-10H2,1H3. The van der Waals surface area contributed by atoms with Crippen molar-refractivity contribution in [2.24, 2.45) is 0 Å². The van der Waals surface area contributed by atoms with Gasteiger partial charge in [0.1, 0.15) is 4.88 Å². The lowest BCUT2D eigenvalue weighted by atomic mass is 10.1.